The second-order valence-corrected chi connectivity index (χ2v) is 7.22. The molecule has 0 aliphatic heterocycles. The highest BCUT2D eigenvalue weighted by Gasteiger charge is 2.27. The maximum absolute atomic E-state index is 12.1. The Morgan fingerprint density at radius 3 is 2.76 bits per heavy atom. The van der Waals surface area contributed by atoms with Crippen molar-refractivity contribution in [2.75, 3.05) is 0 Å². The van der Waals surface area contributed by atoms with Gasteiger partial charge in [0.05, 0.1) is 6.10 Å². The second kappa shape index (κ2) is 12.0. The Bertz CT molecular complexity index is 478. The minimum absolute atomic E-state index is 0.0473. The van der Waals surface area contributed by atoms with Crippen molar-refractivity contribution in [1.82, 2.24) is 0 Å². The number of carboxylic acid groups (broad SMARTS) is 1. The number of aliphatic carboxylic acids is 1. The van der Waals surface area contributed by atoms with Gasteiger partial charge in [-0.2, -0.15) is 0 Å². The summed E-state index contributed by atoms with van der Waals surface area (Å²) in [5.74, 6) is -0.242. The van der Waals surface area contributed by atoms with Gasteiger partial charge >= 0.3 is 5.97 Å². The molecular formula is C21H34O4. The van der Waals surface area contributed by atoms with Gasteiger partial charge in [0, 0.05) is 18.8 Å². The molecule has 2 unspecified atom stereocenters. The van der Waals surface area contributed by atoms with E-state index in [4.69, 9.17) is 5.11 Å². The van der Waals surface area contributed by atoms with Crippen LogP contribution in [0.4, 0.5) is 0 Å². The maximum Gasteiger partial charge on any atom is 0.303 e. The zero-order valence-corrected chi connectivity index (χ0v) is 15.7. The van der Waals surface area contributed by atoms with Gasteiger partial charge < -0.3 is 10.2 Å². The molecule has 0 heterocycles. The number of carbonyl (C=O) groups excluding carboxylic acids is 1. The normalized spacial score (nSPS) is 20.0. The van der Waals surface area contributed by atoms with E-state index in [1.807, 2.05) is 18.2 Å². The molecule has 0 saturated heterocycles. The van der Waals surface area contributed by atoms with Crippen molar-refractivity contribution in [3.8, 4) is 0 Å². The molecule has 1 aliphatic carbocycles. The Balaban J connectivity index is 2.36. The van der Waals surface area contributed by atoms with Gasteiger partial charge in [0.1, 0.15) is 5.78 Å². The maximum atomic E-state index is 12.1. The summed E-state index contributed by atoms with van der Waals surface area (Å²) in [6.07, 6.45) is 13.4. The van der Waals surface area contributed by atoms with Gasteiger partial charge in [-0.05, 0) is 44.4 Å². The SMILES string of the molecule is CCCCC(C)C(O)CCC1=CCC(=O)[C@@H]1C/C=C\CCCC(=O)O. The van der Waals surface area contributed by atoms with Gasteiger partial charge in [0.2, 0.25) is 0 Å². The fourth-order valence-electron chi connectivity index (χ4n) is 3.32. The Morgan fingerprint density at radius 1 is 1.32 bits per heavy atom. The van der Waals surface area contributed by atoms with Crippen LogP contribution in [-0.2, 0) is 9.59 Å². The van der Waals surface area contributed by atoms with Crippen LogP contribution in [0.2, 0.25) is 0 Å². The molecule has 0 aromatic heterocycles. The van der Waals surface area contributed by atoms with Crippen LogP contribution in [0.5, 0.6) is 0 Å². The number of rotatable bonds is 13. The Kier molecular flexibility index (Phi) is 10.4. The van der Waals surface area contributed by atoms with Crippen molar-refractivity contribution in [2.45, 2.75) is 84.2 Å². The minimum Gasteiger partial charge on any atom is -0.481 e. The molecule has 4 nitrogen and oxygen atoms in total. The molecule has 0 aromatic carbocycles. The summed E-state index contributed by atoms with van der Waals surface area (Å²) in [6.45, 7) is 4.26. The summed E-state index contributed by atoms with van der Waals surface area (Å²) in [7, 11) is 0. The van der Waals surface area contributed by atoms with Gasteiger partial charge in [-0.1, -0.05) is 50.5 Å². The van der Waals surface area contributed by atoms with Gasteiger partial charge in [0.15, 0.2) is 0 Å². The van der Waals surface area contributed by atoms with E-state index in [0.717, 1.165) is 38.5 Å². The summed E-state index contributed by atoms with van der Waals surface area (Å²) in [5, 5.41) is 18.9. The molecule has 0 spiro atoms. The van der Waals surface area contributed by atoms with Crippen molar-refractivity contribution in [3.05, 3.63) is 23.8 Å². The van der Waals surface area contributed by atoms with Crippen molar-refractivity contribution in [2.24, 2.45) is 11.8 Å². The zero-order chi connectivity index (χ0) is 18.7. The first-order chi connectivity index (χ1) is 12.0. The van der Waals surface area contributed by atoms with Crippen molar-refractivity contribution < 1.29 is 19.8 Å². The van der Waals surface area contributed by atoms with Crippen LogP contribution in [0.15, 0.2) is 23.8 Å². The molecule has 0 fully saturated rings. The van der Waals surface area contributed by atoms with E-state index in [0.29, 0.717) is 25.2 Å². The van der Waals surface area contributed by atoms with Crippen LogP contribution in [0.25, 0.3) is 0 Å². The molecule has 2 N–H and O–H groups in total. The summed E-state index contributed by atoms with van der Waals surface area (Å²) >= 11 is 0. The molecule has 142 valence electrons. The van der Waals surface area contributed by atoms with Gasteiger partial charge in [-0.25, -0.2) is 0 Å². The smallest absolute Gasteiger partial charge is 0.303 e. The number of allylic oxidation sites excluding steroid dienone is 4. The number of unbranched alkanes of at least 4 members (excludes halogenated alkanes) is 2. The van der Waals surface area contributed by atoms with Crippen LogP contribution in [0.1, 0.15) is 78.1 Å². The van der Waals surface area contributed by atoms with Crippen molar-refractivity contribution in [1.29, 1.82) is 0 Å². The highest BCUT2D eigenvalue weighted by Crippen LogP contribution is 2.31. The number of Topliss-reactive ketones (excluding diaryl/α,β-unsaturated/α-hetero) is 1. The number of carboxylic acids is 1. The third-order valence-corrected chi connectivity index (χ3v) is 5.10. The molecule has 0 saturated carbocycles. The molecule has 0 bridgehead atoms. The fourth-order valence-corrected chi connectivity index (χ4v) is 3.32. The summed E-state index contributed by atoms with van der Waals surface area (Å²) < 4.78 is 0. The average molecular weight is 350 g/mol. The first-order valence-electron chi connectivity index (χ1n) is 9.72. The van der Waals surface area contributed by atoms with Gasteiger partial charge in [-0.3, -0.25) is 9.59 Å². The topological polar surface area (TPSA) is 74.6 Å². The monoisotopic (exact) mass is 350 g/mol. The lowest BCUT2D eigenvalue weighted by Gasteiger charge is -2.20. The number of hydrogen-bond acceptors (Lipinski definition) is 3. The standard InChI is InChI=1S/C21H34O4/c1-3-4-9-16(2)19(22)14-12-17-13-15-20(23)18(17)10-7-5-6-8-11-21(24)25/h5,7,13,16,18-19,22H,3-4,6,8-12,14-15H2,1-2H3,(H,24,25)/b7-5-/t16?,18-,19?/m1/s1. The lowest BCUT2D eigenvalue weighted by Crippen LogP contribution is -2.19. The molecule has 4 heteroatoms. The molecular weight excluding hydrogens is 316 g/mol. The predicted molar refractivity (Wildman–Crippen MR) is 100 cm³/mol. The van der Waals surface area contributed by atoms with E-state index in [1.54, 1.807) is 0 Å². The predicted octanol–water partition coefficient (Wildman–Crippen LogP) is 4.67. The largest absolute Gasteiger partial charge is 0.481 e. The first-order valence-corrected chi connectivity index (χ1v) is 9.72. The van der Waals surface area contributed by atoms with E-state index in [9.17, 15) is 14.7 Å². The third-order valence-electron chi connectivity index (χ3n) is 5.10. The van der Waals surface area contributed by atoms with Crippen LogP contribution >= 0.6 is 0 Å². The summed E-state index contributed by atoms with van der Waals surface area (Å²) in [6, 6.07) is 0. The minimum atomic E-state index is -0.767. The molecule has 1 aliphatic rings. The third kappa shape index (κ3) is 8.48. The van der Waals surface area contributed by atoms with E-state index in [1.165, 1.54) is 5.57 Å². The number of aliphatic hydroxyl groups is 1. The quantitative estimate of drug-likeness (QED) is 0.374. The lowest BCUT2D eigenvalue weighted by molar-refractivity contribution is -0.137. The molecule has 0 amide bonds. The zero-order valence-electron chi connectivity index (χ0n) is 15.7. The summed E-state index contributed by atoms with van der Waals surface area (Å²) in [5.41, 5.74) is 1.17. The van der Waals surface area contributed by atoms with Crippen LogP contribution in [0, 0.1) is 11.8 Å². The van der Waals surface area contributed by atoms with Crippen molar-refractivity contribution in [3.63, 3.8) is 0 Å². The molecule has 25 heavy (non-hydrogen) atoms. The molecule has 0 radical (unpaired) electrons. The highest BCUT2D eigenvalue weighted by atomic mass is 16.4. The van der Waals surface area contributed by atoms with Gasteiger partial charge in [0.25, 0.3) is 0 Å². The number of carbonyl (C=O) groups is 2. The first kappa shape index (κ1) is 21.6. The number of hydrogen-bond donors (Lipinski definition) is 2. The van der Waals surface area contributed by atoms with Crippen LogP contribution in [0.3, 0.4) is 0 Å². The van der Waals surface area contributed by atoms with E-state index >= 15 is 0 Å². The van der Waals surface area contributed by atoms with Gasteiger partial charge in [-0.15, -0.1) is 0 Å². The average Bonchev–Trinajstić information content (AvgIpc) is 2.93. The Morgan fingerprint density at radius 2 is 2.08 bits per heavy atom. The fraction of sp³-hybridized carbons (Fsp3) is 0.714. The van der Waals surface area contributed by atoms with Crippen LogP contribution in [-0.4, -0.2) is 28.1 Å². The van der Waals surface area contributed by atoms with Crippen LogP contribution < -0.4 is 0 Å². The molecule has 3 atom stereocenters. The lowest BCUT2D eigenvalue weighted by atomic mass is 9.89. The molecule has 0 aromatic rings. The Hall–Kier alpha value is -1.42. The number of aliphatic hydroxyl groups excluding tert-OH is 1. The second-order valence-electron chi connectivity index (χ2n) is 7.22. The van der Waals surface area contributed by atoms with E-state index < -0.39 is 5.97 Å². The highest BCUT2D eigenvalue weighted by molar-refractivity contribution is 5.88. The summed E-state index contributed by atoms with van der Waals surface area (Å²) in [4.78, 5) is 22.6. The van der Waals surface area contributed by atoms with Crippen molar-refractivity contribution >= 4 is 11.8 Å². The van der Waals surface area contributed by atoms with E-state index in [-0.39, 0.29) is 24.2 Å². The Labute approximate surface area is 152 Å². The van der Waals surface area contributed by atoms with E-state index in [2.05, 4.69) is 13.8 Å². The number of ketones is 1. The molecule has 1 rings (SSSR count).